The van der Waals surface area contributed by atoms with E-state index < -0.39 is 16.1 Å². The zero-order valence-corrected chi connectivity index (χ0v) is 17.7. The van der Waals surface area contributed by atoms with E-state index in [9.17, 15) is 13.2 Å². The molecule has 0 unspecified atom stereocenters. The Labute approximate surface area is 174 Å². The number of thioether (sulfide) groups is 1. The minimum atomic E-state index is -3.46. The van der Waals surface area contributed by atoms with Crippen LogP contribution in [0.2, 0.25) is 5.02 Å². The third-order valence-corrected chi connectivity index (χ3v) is 6.62. The summed E-state index contributed by atoms with van der Waals surface area (Å²) in [5.41, 5.74) is 0.457. The van der Waals surface area contributed by atoms with Gasteiger partial charge in [0.15, 0.2) is 6.10 Å². The maximum atomic E-state index is 12.5. The van der Waals surface area contributed by atoms with Gasteiger partial charge in [-0.05, 0) is 36.4 Å². The van der Waals surface area contributed by atoms with Gasteiger partial charge >= 0.3 is 0 Å². The monoisotopic (exact) mass is 440 g/mol. The zero-order valence-electron chi connectivity index (χ0n) is 15.3. The minimum absolute atomic E-state index is 0.188. The molecule has 2 aromatic carbocycles. The number of para-hydroxylation sites is 2. The van der Waals surface area contributed by atoms with Gasteiger partial charge in [-0.3, -0.25) is 9.10 Å². The van der Waals surface area contributed by atoms with Crippen LogP contribution in [0.1, 0.15) is 6.42 Å². The number of carbonyl (C=O) groups excluding carboxylic acids is 1. The minimum Gasteiger partial charge on any atom is -0.478 e. The van der Waals surface area contributed by atoms with Crippen molar-refractivity contribution in [2.75, 3.05) is 29.4 Å². The van der Waals surface area contributed by atoms with Crippen LogP contribution in [0.3, 0.4) is 0 Å². The molecule has 1 aliphatic rings. The van der Waals surface area contributed by atoms with Gasteiger partial charge in [0, 0.05) is 35.2 Å². The third-order valence-electron chi connectivity index (χ3n) is 4.17. The first kappa shape index (κ1) is 20.8. The number of ether oxygens (including phenoxy) is 1. The van der Waals surface area contributed by atoms with Gasteiger partial charge in [0.05, 0.1) is 11.9 Å². The highest BCUT2D eigenvalue weighted by Crippen LogP contribution is 2.33. The molecule has 1 amide bonds. The molecule has 6 nitrogen and oxygen atoms in total. The highest BCUT2D eigenvalue weighted by molar-refractivity contribution is 7.99. The van der Waals surface area contributed by atoms with E-state index in [1.54, 1.807) is 36.0 Å². The van der Waals surface area contributed by atoms with Gasteiger partial charge in [-0.2, -0.15) is 0 Å². The Morgan fingerprint density at radius 2 is 1.96 bits per heavy atom. The number of fused-ring (bicyclic) bond motifs is 1. The molecular weight excluding hydrogens is 420 g/mol. The Kier molecular flexibility index (Phi) is 6.74. The van der Waals surface area contributed by atoms with Crippen LogP contribution in [0.25, 0.3) is 0 Å². The molecule has 0 fully saturated rings. The van der Waals surface area contributed by atoms with Crippen LogP contribution in [0.5, 0.6) is 5.75 Å². The van der Waals surface area contributed by atoms with Crippen molar-refractivity contribution >= 4 is 45.0 Å². The van der Waals surface area contributed by atoms with Crippen molar-refractivity contribution in [3.8, 4) is 5.75 Å². The summed E-state index contributed by atoms with van der Waals surface area (Å²) in [7, 11) is -3.46. The summed E-state index contributed by atoms with van der Waals surface area (Å²) in [5, 5.41) is 3.55. The van der Waals surface area contributed by atoms with Crippen molar-refractivity contribution in [1.29, 1.82) is 0 Å². The van der Waals surface area contributed by atoms with E-state index in [1.165, 1.54) is 4.31 Å². The lowest BCUT2D eigenvalue weighted by molar-refractivity contribution is -0.127. The number of nitrogens with zero attached hydrogens (tertiary/aromatic N) is 1. The Bertz CT molecular complexity index is 935. The van der Waals surface area contributed by atoms with Crippen LogP contribution < -0.4 is 14.4 Å². The van der Waals surface area contributed by atoms with Crippen LogP contribution in [0.4, 0.5) is 5.69 Å². The van der Waals surface area contributed by atoms with Crippen molar-refractivity contribution in [3.63, 3.8) is 0 Å². The Hall–Kier alpha value is -1.90. The summed E-state index contributed by atoms with van der Waals surface area (Å²) in [6.45, 7) is 0.664. The largest absolute Gasteiger partial charge is 0.478 e. The first-order valence-corrected chi connectivity index (χ1v) is 12.0. The molecule has 2 aromatic rings. The number of benzene rings is 2. The molecule has 0 radical (unpaired) electrons. The molecule has 1 N–H and O–H groups in total. The van der Waals surface area contributed by atoms with E-state index in [1.807, 2.05) is 24.3 Å². The Morgan fingerprint density at radius 3 is 2.68 bits per heavy atom. The molecule has 1 atom stereocenters. The van der Waals surface area contributed by atoms with Gasteiger partial charge in [0.25, 0.3) is 5.91 Å². The number of rotatable bonds is 6. The Morgan fingerprint density at radius 1 is 1.25 bits per heavy atom. The summed E-state index contributed by atoms with van der Waals surface area (Å²) in [5.74, 6) is 0.842. The third kappa shape index (κ3) is 5.33. The summed E-state index contributed by atoms with van der Waals surface area (Å²) in [6.07, 6.45) is 0.684. The summed E-state index contributed by atoms with van der Waals surface area (Å²) in [6, 6.07) is 14.4. The normalized spacial score (nSPS) is 16.6. The molecule has 9 heteroatoms. The number of anilines is 1. The molecule has 0 saturated heterocycles. The van der Waals surface area contributed by atoms with Crippen LogP contribution in [0, 0.1) is 0 Å². The number of sulfonamides is 1. The SMILES string of the molecule is CS(=O)(=O)N1CC[C@@H](C(=O)NCCSc2ccc(Cl)cc2)Oc2ccccc21. The molecule has 3 rings (SSSR count). The zero-order chi connectivity index (χ0) is 20.1. The molecule has 1 aliphatic heterocycles. The molecular formula is C19H21ClN2O4S2. The van der Waals surface area contributed by atoms with E-state index >= 15 is 0 Å². The highest BCUT2D eigenvalue weighted by atomic mass is 35.5. The molecule has 0 aromatic heterocycles. The van der Waals surface area contributed by atoms with Gasteiger partial charge < -0.3 is 10.1 Å². The van der Waals surface area contributed by atoms with Crippen LogP contribution >= 0.6 is 23.4 Å². The summed E-state index contributed by atoms with van der Waals surface area (Å²) in [4.78, 5) is 13.6. The molecule has 0 saturated carbocycles. The van der Waals surface area contributed by atoms with Crippen LogP contribution in [-0.4, -0.2) is 45.5 Å². The molecule has 28 heavy (non-hydrogen) atoms. The van der Waals surface area contributed by atoms with Gasteiger partial charge in [-0.1, -0.05) is 23.7 Å². The standard InChI is InChI=1S/C19H21ClN2O4S2/c1-28(24,25)22-12-10-18(26-17-5-3-2-4-16(17)22)19(23)21-11-13-27-15-8-6-14(20)7-9-15/h2-9,18H,10-13H2,1H3,(H,21,23)/t18-/m0/s1. The second kappa shape index (κ2) is 9.07. The first-order valence-electron chi connectivity index (χ1n) is 8.74. The second-order valence-corrected chi connectivity index (χ2v) is 9.80. The van der Waals surface area contributed by atoms with Gasteiger partial charge in [0.2, 0.25) is 10.0 Å². The fourth-order valence-electron chi connectivity index (χ4n) is 2.85. The van der Waals surface area contributed by atoms with E-state index in [0.29, 0.717) is 28.8 Å². The van der Waals surface area contributed by atoms with Gasteiger partial charge in [0.1, 0.15) is 5.75 Å². The average molecular weight is 441 g/mol. The average Bonchev–Trinajstić information content (AvgIpc) is 2.86. The van der Waals surface area contributed by atoms with Crippen LogP contribution in [0.15, 0.2) is 53.4 Å². The molecule has 150 valence electrons. The fraction of sp³-hybridized carbons (Fsp3) is 0.316. The number of hydrogen-bond acceptors (Lipinski definition) is 5. The molecule has 0 aliphatic carbocycles. The summed E-state index contributed by atoms with van der Waals surface area (Å²) >= 11 is 7.48. The van der Waals surface area contributed by atoms with Crippen molar-refractivity contribution in [3.05, 3.63) is 53.6 Å². The van der Waals surface area contributed by atoms with Crippen molar-refractivity contribution in [2.45, 2.75) is 17.4 Å². The smallest absolute Gasteiger partial charge is 0.261 e. The number of hydrogen-bond donors (Lipinski definition) is 1. The van der Waals surface area contributed by atoms with Crippen molar-refractivity contribution in [2.24, 2.45) is 0 Å². The maximum Gasteiger partial charge on any atom is 0.261 e. The van der Waals surface area contributed by atoms with E-state index in [-0.39, 0.29) is 18.9 Å². The topological polar surface area (TPSA) is 75.7 Å². The number of nitrogens with one attached hydrogen (secondary N) is 1. The predicted molar refractivity (Wildman–Crippen MR) is 113 cm³/mol. The highest BCUT2D eigenvalue weighted by Gasteiger charge is 2.30. The van der Waals surface area contributed by atoms with Gasteiger partial charge in [-0.15, -0.1) is 11.8 Å². The lowest BCUT2D eigenvalue weighted by Gasteiger charge is -2.20. The lowest BCUT2D eigenvalue weighted by Crippen LogP contribution is -2.40. The predicted octanol–water partition coefficient (Wildman–Crippen LogP) is 3.17. The number of carbonyl (C=O) groups is 1. The Balaban J connectivity index is 1.58. The van der Waals surface area contributed by atoms with E-state index in [0.717, 1.165) is 11.2 Å². The van der Waals surface area contributed by atoms with Crippen molar-refractivity contribution < 1.29 is 17.9 Å². The van der Waals surface area contributed by atoms with Gasteiger partial charge in [-0.25, -0.2) is 8.42 Å². The quantitative estimate of drug-likeness (QED) is 0.551. The van der Waals surface area contributed by atoms with Crippen molar-refractivity contribution in [1.82, 2.24) is 5.32 Å². The molecule has 1 heterocycles. The molecule has 0 bridgehead atoms. The fourth-order valence-corrected chi connectivity index (χ4v) is 4.69. The summed E-state index contributed by atoms with van der Waals surface area (Å²) < 4.78 is 31.3. The number of amides is 1. The number of halogens is 1. The first-order chi connectivity index (χ1) is 13.3. The van der Waals surface area contributed by atoms with Crippen LogP contribution in [-0.2, 0) is 14.8 Å². The van der Waals surface area contributed by atoms with E-state index in [4.69, 9.17) is 16.3 Å². The maximum absolute atomic E-state index is 12.5. The lowest BCUT2D eigenvalue weighted by atomic mass is 10.2. The molecule has 0 spiro atoms. The second-order valence-electron chi connectivity index (χ2n) is 6.29. The van der Waals surface area contributed by atoms with E-state index in [2.05, 4.69) is 5.32 Å².